The van der Waals surface area contributed by atoms with E-state index in [9.17, 15) is 9.18 Å². The molecule has 0 aliphatic carbocycles. The Labute approximate surface area is 89.0 Å². The van der Waals surface area contributed by atoms with Crippen LogP contribution in [0.25, 0.3) is 0 Å². The molecule has 3 heteroatoms. The maximum atomic E-state index is 12.6. The Kier molecular flexibility index (Phi) is 3.61. The van der Waals surface area contributed by atoms with Gasteiger partial charge in [-0.2, -0.15) is 0 Å². The summed E-state index contributed by atoms with van der Waals surface area (Å²) in [4.78, 5) is 13.6. The molecule has 1 aromatic carbocycles. The maximum Gasteiger partial charge on any atom is 0.190 e. The van der Waals surface area contributed by atoms with E-state index in [0.717, 1.165) is 0 Å². The van der Waals surface area contributed by atoms with Gasteiger partial charge in [-0.25, -0.2) is 4.39 Å². The second-order valence-corrected chi connectivity index (χ2v) is 3.61. The van der Waals surface area contributed by atoms with Crippen LogP contribution in [0.5, 0.6) is 0 Å². The van der Waals surface area contributed by atoms with Crippen molar-refractivity contribution in [1.29, 1.82) is 0 Å². The van der Waals surface area contributed by atoms with Gasteiger partial charge in [0.15, 0.2) is 5.78 Å². The fourth-order valence-corrected chi connectivity index (χ4v) is 1.27. The average molecular weight is 207 g/mol. The first-order chi connectivity index (χ1) is 7.00. The summed E-state index contributed by atoms with van der Waals surface area (Å²) in [6.07, 6.45) is 1.74. The summed E-state index contributed by atoms with van der Waals surface area (Å²) >= 11 is 0. The molecular formula is C12H14FNO. The predicted molar refractivity (Wildman–Crippen MR) is 58.2 cm³/mol. The predicted octanol–water partition coefficient (Wildman–Crippen LogP) is 2.47. The molecule has 0 unspecified atom stereocenters. The van der Waals surface area contributed by atoms with Crippen molar-refractivity contribution >= 4 is 5.78 Å². The van der Waals surface area contributed by atoms with Crippen LogP contribution in [0, 0.1) is 5.82 Å². The van der Waals surface area contributed by atoms with E-state index < -0.39 is 0 Å². The lowest BCUT2D eigenvalue weighted by molar-refractivity contribution is 0.103. The lowest BCUT2D eigenvalue weighted by Gasteiger charge is -2.07. The van der Waals surface area contributed by atoms with Crippen molar-refractivity contribution in [3.63, 3.8) is 0 Å². The number of Topliss-reactive ketones (excluding diaryl/α,β-unsaturated/α-hetero) is 1. The fraction of sp³-hybridized carbons (Fsp3) is 0.250. The van der Waals surface area contributed by atoms with Gasteiger partial charge in [0.05, 0.1) is 0 Å². The Hall–Kier alpha value is -1.64. The highest BCUT2D eigenvalue weighted by molar-refractivity contribution is 6.08. The van der Waals surface area contributed by atoms with E-state index in [1.54, 1.807) is 18.0 Å². The Morgan fingerprint density at radius 1 is 1.27 bits per heavy atom. The van der Waals surface area contributed by atoms with Gasteiger partial charge in [-0.05, 0) is 31.2 Å². The van der Waals surface area contributed by atoms with Gasteiger partial charge in [0, 0.05) is 31.4 Å². The quantitative estimate of drug-likeness (QED) is 0.560. The topological polar surface area (TPSA) is 20.3 Å². The standard InChI is InChI=1S/C12H14FNO/c1-9(8-14(2)3)12(15)10-4-6-11(13)7-5-10/h4-8H,1-3H3/b9-8+. The van der Waals surface area contributed by atoms with Crippen LogP contribution in [0.4, 0.5) is 4.39 Å². The molecule has 0 heterocycles. The Morgan fingerprint density at radius 3 is 2.27 bits per heavy atom. The molecule has 0 atom stereocenters. The first kappa shape index (κ1) is 11.4. The number of halogens is 1. The van der Waals surface area contributed by atoms with Crippen LogP contribution in [-0.2, 0) is 0 Å². The Morgan fingerprint density at radius 2 is 1.80 bits per heavy atom. The summed E-state index contributed by atoms with van der Waals surface area (Å²) in [5.41, 5.74) is 1.14. The summed E-state index contributed by atoms with van der Waals surface area (Å²) in [6, 6.07) is 5.56. The molecule has 0 radical (unpaired) electrons. The summed E-state index contributed by atoms with van der Waals surface area (Å²) in [5.74, 6) is -0.413. The van der Waals surface area contributed by atoms with Gasteiger partial charge in [-0.3, -0.25) is 4.79 Å². The summed E-state index contributed by atoms with van der Waals surface area (Å²) in [5, 5.41) is 0. The highest BCUT2D eigenvalue weighted by Gasteiger charge is 2.07. The zero-order valence-corrected chi connectivity index (χ0v) is 9.12. The molecule has 0 amide bonds. The Bertz CT molecular complexity index is 379. The zero-order chi connectivity index (χ0) is 11.4. The molecular weight excluding hydrogens is 193 g/mol. The van der Waals surface area contributed by atoms with Crippen molar-refractivity contribution in [2.45, 2.75) is 6.92 Å². The van der Waals surface area contributed by atoms with E-state index in [2.05, 4.69) is 0 Å². The summed E-state index contributed by atoms with van der Waals surface area (Å²) in [6.45, 7) is 1.74. The van der Waals surface area contributed by atoms with Crippen LogP contribution in [0.3, 0.4) is 0 Å². The first-order valence-corrected chi connectivity index (χ1v) is 4.66. The molecule has 15 heavy (non-hydrogen) atoms. The number of hydrogen-bond donors (Lipinski definition) is 0. The molecule has 0 bridgehead atoms. The number of carbonyl (C=O) groups is 1. The second-order valence-electron chi connectivity index (χ2n) is 3.61. The van der Waals surface area contributed by atoms with Gasteiger partial charge < -0.3 is 4.90 Å². The minimum Gasteiger partial charge on any atom is -0.383 e. The second kappa shape index (κ2) is 4.73. The van der Waals surface area contributed by atoms with E-state index in [1.165, 1.54) is 24.3 Å². The molecule has 0 aliphatic rings. The van der Waals surface area contributed by atoms with Crippen LogP contribution in [0.15, 0.2) is 36.0 Å². The molecule has 0 N–H and O–H groups in total. The third-order valence-corrected chi connectivity index (χ3v) is 1.92. The smallest absolute Gasteiger partial charge is 0.190 e. The van der Waals surface area contributed by atoms with Crippen LogP contribution in [0.1, 0.15) is 17.3 Å². The van der Waals surface area contributed by atoms with E-state index in [-0.39, 0.29) is 11.6 Å². The van der Waals surface area contributed by atoms with E-state index in [0.29, 0.717) is 11.1 Å². The first-order valence-electron chi connectivity index (χ1n) is 4.66. The summed E-state index contributed by atoms with van der Waals surface area (Å²) in [7, 11) is 3.70. The molecule has 0 aromatic heterocycles. The molecule has 2 nitrogen and oxygen atoms in total. The van der Waals surface area contributed by atoms with Crippen molar-refractivity contribution in [2.75, 3.05) is 14.1 Å². The number of rotatable bonds is 3. The molecule has 0 saturated heterocycles. The van der Waals surface area contributed by atoms with Gasteiger partial charge in [0.2, 0.25) is 0 Å². The minimum absolute atomic E-state index is 0.0799. The molecule has 1 rings (SSSR count). The maximum absolute atomic E-state index is 12.6. The monoisotopic (exact) mass is 207 g/mol. The van der Waals surface area contributed by atoms with Crippen molar-refractivity contribution in [3.8, 4) is 0 Å². The molecule has 0 fully saturated rings. The normalized spacial score (nSPS) is 11.3. The van der Waals surface area contributed by atoms with E-state index in [1.807, 2.05) is 14.1 Å². The largest absolute Gasteiger partial charge is 0.383 e. The van der Waals surface area contributed by atoms with Crippen molar-refractivity contribution < 1.29 is 9.18 Å². The van der Waals surface area contributed by atoms with Crippen molar-refractivity contribution in [1.82, 2.24) is 4.90 Å². The van der Waals surface area contributed by atoms with Crippen LogP contribution >= 0.6 is 0 Å². The lowest BCUT2D eigenvalue weighted by Crippen LogP contribution is -2.07. The van der Waals surface area contributed by atoms with E-state index >= 15 is 0 Å². The van der Waals surface area contributed by atoms with Crippen LogP contribution < -0.4 is 0 Å². The number of hydrogen-bond acceptors (Lipinski definition) is 2. The highest BCUT2D eigenvalue weighted by atomic mass is 19.1. The van der Waals surface area contributed by atoms with Gasteiger partial charge in [0.1, 0.15) is 5.82 Å². The summed E-state index contributed by atoms with van der Waals surface area (Å²) < 4.78 is 12.6. The number of allylic oxidation sites excluding steroid dienone is 1. The van der Waals surface area contributed by atoms with Gasteiger partial charge in [-0.15, -0.1) is 0 Å². The fourth-order valence-electron chi connectivity index (χ4n) is 1.27. The average Bonchev–Trinajstić information content (AvgIpc) is 2.17. The van der Waals surface area contributed by atoms with E-state index in [4.69, 9.17) is 0 Å². The molecule has 80 valence electrons. The van der Waals surface area contributed by atoms with Gasteiger partial charge in [0.25, 0.3) is 0 Å². The third kappa shape index (κ3) is 3.20. The number of nitrogens with zero attached hydrogens (tertiary/aromatic N) is 1. The van der Waals surface area contributed by atoms with Gasteiger partial charge in [-0.1, -0.05) is 0 Å². The molecule has 0 saturated carbocycles. The van der Waals surface area contributed by atoms with Crippen LogP contribution in [0.2, 0.25) is 0 Å². The minimum atomic E-state index is -0.333. The SMILES string of the molecule is C/C(=C\N(C)C)C(=O)c1ccc(F)cc1. The highest BCUT2D eigenvalue weighted by Crippen LogP contribution is 2.09. The number of carbonyl (C=O) groups excluding carboxylic acids is 1. The number of benzene rings is 1. The molecule has 1 aromatic rings. The molecule has 0 spiro atoms. The van der Waals surface area contributed by atoms with Crippen molar-refractivity contribution in [2.24, 2.45) is 0 Å². The zero-order valence-electron chi connectivity index (χ0n) is 9.12. The van der Waals surface area contributed by atoms with Crippen LogP contribution in [-0.4, -0.2) is 24.8 Å². The Balaban J connectivity index is 2.90. The van der Waals surface area contributed by atoms with Gasteiger partial charge >= 0.3 is 0 Å². The molecule has 0 aliphatic heterocycles. The van der Waals surface area contributed by atoms with Crippen molar-refractivity contribution in [3.05, 3.63) is 47.4 Å². The number of ketones is 1. The third-order valence-electron chi connectivity index (χ3n) is 1.92. The lowest BCUT2D eigenvalue weighted by atomic mass is 10.1.